The number of phenols is 1. The van der Waals surface area contributed by atoms with Crippen molar-refractivity contribution < 1.29 is 5.11 Å². The maximum absolute atomic E-state index is 9.17. The summed E-state index contributed by atoms with van der Waals surface area (Å²) in [6.45, 7) is 0. The lowest BCUT2D eigenvalue weighted by Crippen LogP contribution is -1.79. The monoisotopic (exact) mass is 238 g/mol. The fourth-order valence-electron chi connectivity index (χ4n) is 1.36. The molecule has 1 nitrogen and oxygen atoms in total. The second kappa shape index (κ2) is 4.13. The Kier molecular flexibility index (Phi) is 2.85. The first-order valence-corrected chi connectivity index (χ1v) is 5.17. The van der Waals surface area contributed by atoms with Gasteiger partial charge in [-0.05, 0) is 35.9 Å². The minimum Gasteiger partial charge on any atom is -0.508 e. The molecule has 0 unspecified atom stereocenters. The molecule has 1 N–H and O–H groups in total. The van der Waals surface area contributed by atoms with E-state index in [0.29, 0.717) is 10.0 Å². The smallest absolute Gasteiger partial charge is 0.115 e. The van der Waals surface area contributed by atoms with Crippen LogP contribution >= 0.6 is 23.2 Å². The lowest BCUT2D eigenvalue weighted by atomic mass is 10.1. The van der Waals surface area contributed by atoms with Gasteiger partial charge in [0.15, 0.2) is 0 Å². The van der Waals surface area contributed by atoms with Gasteiger partial charge in [-0.15, -0.1) is 0 Å². The van der Waals surface area contributed by atoms with E-state index in [0.717, 1.165) is 11.1 Å². The highest BCUT2D eigenvalue weighted by molar-refractivity contribution is 6.35. The van der Waals surface area contributed by atoms with Gasteiger partial charge in [0.2, 0.25) is 0 Å². The largest absolute Gasteiger partial charge is 0.508 e. The van der Waals surface area contributed by atoms with Crippen LogP contribution in [0.4, 0.5) is 0 Å². The first kappa shape index (κ1) is 10.3. The van der Waals surface area contributed by atoms with Crippen LogP contribution in [0.1, 0.15) is 0 Å². The van der Waals surface area contributed by atoms with Gasteiger partial charge in [0.1, 0.15) is 5.75 Å². The molecule has 0 aliphatic rings. The second-order valence-corrected chi connectivity index (χ2v) is 4.01. The van der Waals surface area contributed by atoms with Crippen molar-refractivity contribution in [1.82, 2.24) is 0 Å². The Labute approximate surface area is 97.9 Å². The first-order valence-electron chi connectivity index (χ1n) is 4.41. The lowest BCUT2D eigenvalue weighted by Gasteiger charge is -2.05. The Morgan fingerprint density at radius 2 is 1.53 bits per heavy atom. The number of phenolic OH excluding ortho intramolecular Hbond substituents is 1. The van der Waals surface area contributed by atoms with Crippen molar-refractivity contribution in [3.8, 4) is 16.9 Å². The minimum absolute atomic E-state index is 0.233. The van der Waals surface area contributed by atoms with Crippen molar-refractivity contribution in [3.05, 3.63) is 52.5 Å². The lowest BCUT2D eigenvalue weighted by molar-refractivity contribution is 0.475. The zero-order valence-corrected chi connectivity index (χ0v) is 9.26. The molecule has 0 bridgehead atoms. The summed E-state index contributed by atoms with van der Waals surface area (Å²) in [5, 5.41) is 10.5. The van der Waals surface area contributed by atoms with Crippen LogP contribution in [0.5, 0.6) is 5.75 Å². The summed E-state index contributed by atoms with van der Waals surface area (Å²) in [6.07, 6.45) is 0. The summed E-state index contributed by atoms with van der Waals surface area (Å²) in [4.78, 5) is 0. The van der Waals surface area contributed by atoms with Gasteiger partial charge in [-0.25, -0.2) is 0 Å². The van der Waals surface area contributed by atoms with E-state index in [4.69, 9.17) is 28.3 Å². The number of benzene rings is 2. The Morgan fingerprint density at radius 3 is 2.20 bits per heavy atom. The van der Waals surface area contributed by atoms with E-state index in [-0.39, 0.29) is 5.75 Å². The van der Waals surface area contributed by atoms with Gasteiger partial charge in [0.05, 0.1) is 0 Å². The topological polar surface area (TPSA) is 20.2 Å². The fraction of sp³-hybridized carbons (Fsp3) is 0. The molecule has 0 saturated heterocycles. The third-order valence-electron chi connectivity index (χ3n) is 2.11. The molecule has 0 amide bonds. The maximum atomic E-state index is 9.17. The molecule has 0 aromatic heterocycles. The van der Waals surface area contributed by atoms with Crippen LogP contribution in [0.15, 0.2) is 42.5 Å². The second-order valence-electron chi connectivity index (χ2n) is 3.17. The number of halogens is 2. The van der Waals surface area contributed by atoms with Crippen LogP contribution in [-0.4, -0.2) is 5.11 Å². The fourth-order valence-corrected chi connectivity index (χ4v) is 1.76. The van der Waals surface area contributed by atoms with Gasteiger partial charge < -0.3 is 5.11 Å². The van der Waals surface area contributed by atoms with Crippen LogP contribution in [0, 0.1) is 0 Å². The molecule has 2 rings (SSSR count). The van der Waals surface area contributed by atoms with Crippen LogP contribution < -0.4 is 0 Å². The van der Waals surface area contributed by atoms with Crippen molar-refractivity contribution in [3.63, 3.8) is 0 Å². The quantitative estimate of drug-likeness (QED) is 0.783. The molecule has 0 saturated carbocycles. The molecule has 0 aliphatic carbocycles. The Hall–Kier alpha value is -1.18. The highest BCUT2D eigenvalue weighted by atomic mass is 35.5. The molecule has 2 aromatic rings. The zero-order valence-electron chi connectivity index (χ0n) is 7.74. The van der Waals surface area contributed by atoms with Gasteiger partial charge >= 0.3 is 0 Å². The Balaban J connectivity index is 2.53. The normalized spacial score (nSPS) is 10.3. The van der Waals surface area contributed by atoms with E-state index >= 15 is 0 Å². The number of aromatic hydroxyl groups is 1. The molecule has 0 spiro atoms. The summed E-state index contributed by atoms with van der Waals surface area (Å²) in [7, 11) is 0. The van der Waals surface area contributed by atoms with Crippen LogP contribution in [0.25, 0.3) is 11.1 Å². The van der Waals surface area contributed by atoms with E-state index in [1.807, 2.05) is 0 Å². The average Bonchev–Trinajstić information content (AvgIpc) is 2.23. The molecule has 0 aliphatic heterocycles. The summed E-state index contributed by atoms with van der Waals surface area (Å²) in [5.74, 6) is 0.233. The first-order chi connectivity index (χ1) is 7.16. The maximum Gasteiger partial charge on any atom is 0.115 e. The average molecular weight is 239 g/mol. The third-order valence-corrected chi connectivity index (χ3v) is 2.67. The van der Waals surface area contributed by atoms with Gasteiger partial charge in [-0.2, -0.15) is 0 Å². The number of hydrogen-bond donors (Lipinski definition) is 1. The van der Waals surface area contributed by atoms with Crippen LogP contribution in [0.3, 0.4) is 0 Å². The van der Waals surface area contributed by atoms with Gasteiger partial charge in [0.25, 0.3) is 0 Å². The highest BCUT2D eigenvalue weighted by Crippen LogP contribution is 2.31. The van der Waals surface area contributed by atoms with Crippen molar-refractivity contribution in [2.75, 3.05) is 0 Å². The summed E-state index contributed by atoms with van der Waals surface area (Å²) in [5.41, 5.74) is 1.80. The molecule has 0 atom stereocenters. The molecule has 2 aromatic carbocycles. The van der Waals surface area contributed by atoms with Crippen LogP contribution in [-0.2, 0) is 0 Å². The predicted molar refractivity (Wildman–Crippen MR) is 63.6 cm³/mol. The highest BCUT2D eigenvalue weighted by Gasteiger charge is 2.03. The van der Waals surface area contributed by atoms with Crippen molar-refractivity contribution in [2.24, 2.45) is 0 Å². The van der Waals surface area contributed by atoms with E-state index in [1.54, 1.807) is 42.5 Å². The summed E-state index contributed by atoms with van der Waals surface area (Å²) >= 11 is 11.9. The minimum atomic E-state index is 0.233. The van der Waals surface area contributed by atoms with Gasteiger partial charge in [-0.1, -0.05) is 35.3 Å². The Bertz CT molecular complexity index is 477. The third kappa shape index (κ3) is 2.25. The molecular formula is C12H8Cl2O. The van der Waals surface area contributed by atoms with E-state index in [9.17, 15) is 0 Å². The molecule has 15 heavy (non-hydrogen) atoms. The van der Waals surface area contributed by atoms with E-state index < -0.39 is 0 Å². The number of rotatable bonds is 1. The van der Waals surface area contributed by atoms with E-state index in [2.05, 4.69) is 0 Å². The molecular weight excluding hydrogens is 231 g/mol. The summed E-state index contributed by atoms with van der Waals surface area (Å²) < 4.78 is 0. The predicted octanol–water partition coefficient (Wildman–Crippen LogP) is 4.37. The standard InChI is InChI=1S/C12H8Cl2O/c13-9-3-6-12(14)11(7-9)8-1-4-10(15)5-2-8/h1-7,15H. The molecule has 3 heteroatoms. The van der Waals surface area contributed by atoms with Gasteiger partial charge in [0, 0.05) is 15.6 Å². The number of hydrogen-bond acceptors (Lipinski definition) is 1. The van der Waals surface area contributed by atoms with Crippen LogP contribution in [0.2, 0.25) is 10.0 Å². The van der Waals surface area contributed by atoms with E-state index in [1.165, 1.54) is 0 Å². The van der Waals surface area contributed by atoms with Crippen molar-refractivity contribution in [1.29, 1.82) is 0 Å². The molecule has 0 heterocycles. The van der Waals surface area contributed by atoms with Crippen molar-refractivity contribution in [2.45, 2.75) is 0 Å². The zero-order chi connectivity index (χ0) is 10.8. The summed E-state index contributed by atoms with van der Waals surface area (Å²) in [6, 6.07) is 12.1. The van der Waals surface area contributed by atoms with Crippen molar-refractivity contribution >= 4 is 23.2 Å². The SMILES string of the molecule is Oc1ccc(-c2cc(Cl)ccc2Cl)cc1. The Morgan fingerprint density at radius 1 is 0.867 bits per heavy atom. The molecule has 0 fully saturated rings. The molecule has 76 valence electrons. The van der Waals surface area contributed by atoms with Gasteiger partial charge in [-0.3, -0.25) is 0 Å². The molecule has 0 radical (unpaired) electrons.